The van der Waals surface area contributed by atoms with Crippen LogP contribution in [0.5, 0.6) is 11.5 Å². The number of likely N-dealkylation sites (N-methyl/N-ethyl adjacent to an activating group) is 1. The van der Waals surface area contributed by atoms with Crippen LogP contribution in [0.2, 0.25) is 0 Å². The molecule has 0 aromatic heterocycles. The molecule has 0 N–H and O–H groups in total. The topological polar surface area (TPSA) is 59.1 Å². The predicted molar refractivity (Wildman–Crippen MR) is 168 cm³/mol. The van der Waals surface area contributed by atoms with E-state index in [0.717, 1.165) is 43.7 Å². The SMILES string of the molecule is CCCC(C)C1CCC(c2ccc(OC(=O)C3CCC(C(=O)Oc4ccc(N5CCN(C)CC5)cc4)CC3)cc2)CC1. The monoisotopic (exact) mass is 574 g/mol. The van der Waals surface area contributed by atoms with Crippen LogP contribution in [-0.2, 0) is 9.59 Å². The molecule has 0 amide bonds. The number of esters is 2. The van der Waals surface area contributed by atoms with Gasteiger partial charge >= 0.3 is 11.9 Å². The first kappa shape index (κ1) is 30.6. The second-order valence-corrected chi connectivity index (χ2v) is 13.1. The molecule has 3 aliphatic rings. The number of anilines is 1. The zero-order valence-electron chi connectivity index (χ0n) is 25.9. The van der Waals surface area contributed by atoms with Gasteiger partial charge in [-0.25, -0.2) is 0 Å². The van der Waals surface area contributed by atoms with E-state index in [1.54, 1.807) is 0 Å². The third-order valence-electron chi connectivity index (χ3n) is 10.2. The first-order valence-corrected chi connectivity index (χ1v) is 16.5. The molecule has 228 valence electrons. The molecule has 5 rings (SSSR count). The van der Waals surface area contributed by atoms with Gasteiger partial charge in [0.05, 0.1) is 11.8 Å². The van der Waals surface area contributed by atoms with E-state index in [4.69, 9.17) is 9.47 Å². The number of piperazine rings is 1. The van der Waals surface area contributed by atoms with Crippen LogP contribution in [0.15, 0.2) is 48.5 Å². The van der Waals surface area contributed by atoms with Gasteiger partial charge in [0, 0.05) is 31.9 Å². The number of rotatable bonds is 9. The summed E-state index contributed by atoms with van der Waals surface area (Å²) in [7, 11) is 2.15. The first-order valence-electron chi connectivity index (χ1n) is 16.5. The maximum absolute atomic E-state index is 12.9. The normalized spacial score (nSPS) is 25.9. The van der Waals surface area contributed by atoms with Gasteiger partial charge < -0.3 is 19.3 Å². The summed E-state index contributed by atoms with van der Waals surface area (Å²) in [6.45, 7) is 8.83. The zero-order valence-corrected chi connectivity index (χ0v) is 25.9. The van der Waals surface area contributed by atoms with Crippen molar-refractivity contribution in [1.29, 1.82) is 0 Å². The Kier molecular flexibility index (Phi) is 10.6. The van der Waals surface area contributed by atoms with Gasteiger partial charge in [0.15, 0.2) is 0 Å². The summed E-state index contributed by atoms with van der Waals surface area (Å²) in [5.41, 5.74) is 2.53. The quantitative estimate of drug-likeness (QED) is 0.229. The van der Waals surface area contributed by atoms with Gasteiger partial charge in [-0.05, 0) is 118 Å². The Bertz CT molecular complexity index is 1140. The van der Waals surface area contributed by atoms with Gasteiger partial charge in [0.1, 0.15) is 11.5 Å². The van der Waals surface area contributed by atoms with Crippen LogP contribution in [0.4, 0.5) is 5.69 Å². The van der Waals surface area contributed by atoms with Crippen molar-refractivity contribution in [3.8, 4) is 11.5 Å². The van der Waals surface area contributed by atoms with Crippen LogP contribution in [0.1, 0.15) is 89.5 Å². The van der Waals surface area contributed by atoms with Crippen molar-refractivity contribution in [1.82, 2.24) is 4.90 Å². The van der Waals surface area contributed by atoms with E-state index in [2.05, 4.69) is 42.8 Å². The van der Waals surface area contributed by atoms with Gasteiger partial charge in [-0.2, -0.15) is 0 Å². The van der Waals surface area contributed by atoms with E-state index >= 15 is 0 Å². The molecular weight excluding hydrogens is 524 g/mol. The van der Waals surface area contributed by atoms with Gasteiger partial charge in [-0.1, -0.05) is 38.8 Å². The van der Waals surface area contributed by atoms with Crippen molar-refractivity contribution < 1.29 is 19.1 Å². The molecule has 6 heteroatoms. The van der Waals surface area contributed by atoms with Crippen molar-refractivity contribution in [2.24, 2.45) is 23.7 Å². The largest absolute Gasteiger partial charge is 0.426 e. The Morgan fingerprint density at radius 2 is 1.24 bits per heavy atom. The summed E-state index contributed by atoms with van der Waals surface area (Å²) in [4.78, 5) is 30.5. The second-order valence-electron chi connectivity index (χ2n) is 13.1. The van der Waals surface area contributed by atoms with Crippen LogP contribution in [-0.4, -0.2) is 50.1 Å². The fourth-order valence-electron chi connectivity index (χ4n) is 7.27. The molecule has 1 heterocycles. The molecule has 1 unspecified atom stereocenters. The fraction of sp³-hybridized carbons (Fsp3) is 0.611. The second kappa shape index (κ2) is 14.5. The van der Waals surface area contributed by atoms with Crippen LogP contribution in [0, 0.1) is 23.7 Å². The lowest BCUT2D eigenvalue weighted by molar-refractivity contribution is -0.145. The van der Waals surface area contributed by atoms with Crippen molar-refractivity contribution >= 4 is 17.6 Å². The highest BCUT2D eigenvalue weighted by atomic mass is 16.5. The lowest BCUT2D eigenvalue weighted by atomic mass is 9.73. The molecule has 2 saturated carbocycles. The summed E-state index contributed by atoms with van der Waals surface area (Å²) in [6.07, 6.45) is 10.4. The Hall–Kier alpha value is -2.86. The third kappa shape index (κ3) is 7.94. The molecule has 3 fully saturated rings. The minimum absolute atomic E-state index is 0.169. The third-order valence-corrected chi connectivity index (χ3v) is 10.2. The molecule has 2 aromatic carbocycles. The smallest absolute Gasteiger partial charge is 0.314 e. The van der Waals surface area contributed by atoms with E-state index < -0.39 is 0 Å². The molecule has 0 spiro atoms. The number of hydrogen-bond acceptors (Lipinski definition) is 6. The van der Waals surface area contributed by atoms with Gasteiger partial charge in [-0.15, -0.1) is 0 Å². The van der Waals surface area contributed by atoms with Crippen molar-refractivity contribution in [3.63, 3.8) is 0 Å². The molecule has 0 radical (unpaired) electrons. The highest BCUT2D eigenvalue weighted by molar-refractivity contribution is 5.78. The molecule has 1 saturated heterocycles. The molecular formula is C36H50N2O4. The van der Waals surface area contributed by atoms with Crippen molar-refractivity contribution in [2.45, 2.75) is 84.0 Å². The average Bonchev–Trinajstić information content (AvgIpc) is 3.02. The van der Waals surface area contributed by atoms with Crippen LogP contribution < -0.4 is 14.4 Å². The first-order chi connectivity index (χ1) is 20.4. The number of ether oxygens (including phenoxy) is 2. The van der Waals surface area contributed by atoms with E-state index in [9.17, 15) is 9.59 Å². The highest BCUT2D eigenvalue weighted by Crippen LogP contribution is 2.40. The number of carbonyl (C=O) groups is 2. The fourth-order valence-corrected chi connectivity index (χ4v) is 7.27. The maximum Gasteiger partial charge on any atom is 0.314 e. The summed E-state index contributed by atoms with van der Waals surface area (Å²) >= 11 is 0. The zero-order chi connectivity index (χ0) is 29.5. The summed E-state index contributed by atoms with van der Waals surface area (Å²) in [5.74, 6) is 2.81. The molecule has 1 atom stereocenters. The molecule has 2 aromatic rings. The summed E-state index contributed by atoms with van der Waals surface area (Å²) < 4.78 is 11.5. The van der Waals surface area contributed by atoms with Crippen LogP contribution in [0.25, 0.3) is 0 Å². The summed E-state index contributed by atoms with van der Waals surface area (Å²) in [5, 5.41) is 0. The van der Waals surface area contributed by atoms with Gasteiger partial charge in [-0.3, -0.25) is 9.59 Å². The Balaban J connectivity index is 1.03. The molecule has 2 aliphatic carbocycles. The standard InChI is InChI=1S/C36H50N2O4/c1-4-5-26(2)27-6-8-28(9-7-27)29-14-18-33(19-15-29)41-35(39)30-10-12-31(13-11-30)36(40)42-34-20-16-32(17-21-34)38-24-22-37(3)23-25-38/h14-21,26-28,30-31H,4-13,22-25H2,1-3H3. The maximum atomic E-state index is 12.9. The van der Waals surface area contributed by atoms with Crippen molar-refractivity contribution in [2.75, 3.05) is 38.1 Å². The molecule has 0 bridgehead atoms. The number of nitrogens with zero attached hydrogens (tertiary/aromatic N) is 2. The predicted octanol–water partition coefficient (Wildman–Crippen LogP) is 7.47. The van der Waals surface area contributed by atoms with Crippen LogP contribution in [0.3, 0.4) is 0 Å². The molecule has 42 heavy (non-hydrogen) atoms. The summed E-state index contributed by atoms with van der Waals surface area (Å²) in [6, 6.07) is 16.0. The Morgan fingerprint density at radius 1 is 0.738 bits per heavy atom. The van der Waals surface area contributed by atoms with Gasteiger partial charge in [0.2, 0.25) is 0 Å². The average molecular weight is 575 g/mol. The Labute approximate surface area is 252 Å². The lowest BCUT2D eigenvalue weighted by Gasteiger charge is -2.34. The lowest BCUT2D eigenvalue weighted by Crippen LogP contribution is -2.44. The Morgan fingerprint density at radius 3 is 1.74 bits per heavy atom. The minimum Gasteiger partial charge on any atom is -0.426 e. The number of benzene rings is 2. The molecule has 6 nitrogen and oxygen atoms in total. The van der Waals surface area contributed by atoms with Crippen molar-refractivity contribution in [3.05, 3.63) is 54.1 Å². The minimum atomic E-state index is -0.196. The van der Waals surface area contributed by atoms with E-state index in [1.165, 1.54) is 44.1 Å². The van der Waals surface area contributed by atoms with Gasteiger partial charge in [0.25, 0.3) is 0 Å². The molecule has 1 aliphatic heterocycles. The number of hydrogen-bond donors (Lipinski definition) is 0. The number of carbonyl (C=O) groups excluding carboxylic acids is 2. The van der Waals surface area contributed by atoms with E-state index in [-0.39, 0.29) is 23.8 Å². The van der Waals surface area contributed by atoms with E-state index in [1.807, 2.05) is 36.4 Å². The van der Waals surface area contributed by atoms with Crippen LogP contribution >= 0.6 is 0 Å². The highest BCUT2D eigenvalue weighted by Gasteiger charge is 2.32. The van der Waals surface area contributed by atoms with E-state index in [0.29, 0.717) is 43.1 Å².